The lowest BCUT2D eigenvalue weighted by Gasteiger charge is -2.32. The fraction of sp³-hybridized carbons (Fsp3) is 0.667. The van der Waals surface area contributed by atoms with Crippen molar-refractivity contribution in [2.45, 2.75) is 44.6 Å². The molecule has 0 radical (unpaired) electrons. The Morgan fingerprint density at radius 3 is 2.65 bits per heavy atom. The van der Waals surface area contributed by atoms with Gasteiger partial charge < -0.3 is 9.84 Å². The number of hydrogen-bond acceptors (Lipinski definition) is 5. The Balaban J connectivity index is 1.27. The Hall–Kier alpha value is -1.42. The Morgan fingerprint density at radius 1 is 1.29 bits per heavy atom. The highest BCUT2D eigenvalue weighted by Crippen LogP contribution is 2.65. The predicted octanol–water partition coefficient (Wildman–Crippen LogP) is 2.73. The van der Waals surface area contributed by atoms with Gasteiger partial charge in [0.1, 0.15) is 11.6 Å². The largest absolute Gasteiger partial charge is 0.491 e. The van der Waals surface area contributed by atoms with Crippen molar-refractivity contribution in [2.75, 3.05) is 19.7 Å². The maximum Gasteiger partial charge on any atom is 0.304 e. The molecule has 4 saturated carbocycles. The summed E-state index contributed by atoms with van der Waals surface area (Å²) in [5.74, 6) is 0.373. The molecule has 0 aromatic heterocycles. The molecule has 31 heavy (non-hydrogen) atoms. The SMILES string of the molecule is O=C(NS(=O)(=O)N1CC[C@H](O)C1)c1cc(Cl)c(OCC23CC4CC(CC2C4)C3)cc1F. The molecule has 0 spiro atoms. The van der Waals surface area contributed by atoms with Gasteiger partial charge in [-0.15, -0.1) is 0 Å². The van der Waals surface area contributed by atoms with Crippen molar-refractivity contribution in [3.05, 3.63) is 28.5 Å². The minimum atomic E-state index is -4.18. The lowest BCUT2D eigenvalue weighted by Crippen LogP contribution is -2.43. The molecule has 2 N–H and O–H groups in total. The van der Waals surface area contributed by atoms with Crippen LogP contribution < -0.4 is 9.46 Å². The zero-order valence-corrected chi connectivity index (χ0v) is 18.6. The van der Waals surface area contributed by atoms with Crippen molar-refractivity contribution in [3.8, 4) is 5.75 Å². The van der Waals surface area contributed by atoms with Crippen LogP contribution in [0.2, 0.25) is 5.02 Å². The molecule has 1 saturated heterocycles. The summed E-state index contributed by atoms with van der Waals surface area (Å²) in [7, 11) is -4.18. The van der Waals surface area contributed by atoms with Crippen molar-refractivity contribution in [2.24, 2.45) is 23.2 Å². The van der Waals surface area contributed by atoms with E-state index >= 15 is 0 Å². The molecule has 5 fully saturated rings. The number of benzene rings is 1. The Labute approximate surface area is 186 Å². The molecule has 10 heteroatoms. The van der Waals surface area contributed by atoms with Crippen LogP contribution in [0.5, 0.6) is 5.75 Å². The third-order valence-electron chi connectivity index (χ3n) is 7.63. The van der Waals surface area contributed by atoms with Crippen LogP contribution in [0.15, 0.2) is 12.1 Å². The minimum Gasteiger partial charge on any atom is -0.491 e. The number of carbonyl (C=O) groups is 1. The van der Waals surface area contributed by atoms with Crippen LogP contribution in [0.25, 0.3) is 0 Å². The van der Waals surface area contributed by atoms with Crippen molar-refractivity contribution in [1.29, 1.82) is 0 Å². The number of halogens is 2. The Kier molecular flexibility index (Phi) is 5.23. The lowest BCUT2D eigenvalue weighted by atomic mass is 9.76. The number of nitrogens with one attached hydrogen (secondary N) is 1. The van der Waals surface area contributed by atoms with Crippen LogP contribution in [0.4, 0.5) is 4.39 Å². The van der Waals surface area contributed by atoms with Crippen LogP contribution >= 0.6 is 11.6 Å². The number of amides is 1. The standard InChI is InChI=1S/C21H26ClFN2O5S/c22-17-6-16(20(27)24-31(28,29)25-2-1-15(26)10-25)18(23)7-19(17)30-11-21-8-12-3-13(9-21)5-14(21)4-12/h6-7,12-15,26H,1-5,8-11H2,(H,24,27)/t12?,13?,14?,15-,21?/m0/s1. The summed E-state index contributed by atoms with van der Waals surface area (Å²) in [5.41, 5.74) is -0.322. The predicted molar refractivity (Wildman–Crippen MR) is 111 cm³/mol. The highest BCUT2D eigenvalue weighted by Gasteiger charge is 2.58. The molecule has 7 nitrogen and oxygen atoms in total. The molecule has 3 atom stereocenters. The van der Waals surface area contributed by atoms with E-state index < -0.39 is 33.6 Å². The molecule has 2 unspecified atom stereocenters. The molecular weight excluding hydrogens is 447 g/mol. The van der Waals surface area contributed by atoms with Gasteiger partial charge >= 0.3 is 10.2 Å². The number of nitrogens with zero attached hydrogens (tertiary/aromatic N) is 1. The Bertz CT molecular complexity index is 1010. The number of β-amino-alcohol motifs (C(OH)–C–C–N with tert-alkyl or cyclic N) is 1. The smallest absolute Gasteiger partial charge is 0.304 e. The van der Waals surface area contributed by atoms with Gasteiger partial charge in [-0.25, -0.2) is 9.11 Å². The second kappa shape index (κ2) is 7.57. The summed E-state index contributed by atoms with van der Waals surface area (Å²) in [6, 6.07) is 2.16. The summed E-state index contributed by atoms with van der Waals surface area (Å²) in [4.78, 5) is 12.4. The van der Waals surface area contributed by atoms with Crippen molar-refractivity contribution >= 4 is 27.7 Å². The molecule has 4 aliphatic carbocycles. The summed E-state index contributed by atoms with van der Waals surface area (Å²) in [6.07, 6.45) is 5.63. The number of ether oxygens (including phenoxy) is 1. The van der Waals surface area contributed by atoms with Gasteiger partial charge in [0, 0.05) is 24.6 Å². The van der Waals surface area contributed by atoms with E-state index in [0.29, 0.717) is 12.5 Å². The average molecular weight is 473 g/mol. The van der Waals surface area contributed by atoms with Crippen LogP contribution in [0.3, 0.4) is 0 Å². The zero-order chi connectivity index (χ0) is 22.0. The average Bonchev–Trinajstić information content (AvgIpc) is 3.31. The maximum absolute atomic E-state index is 14.7. The third kappa shape index (κ3) is 3.83. The maximum atomic E-state index is 14.7. The summed E-state index contributed by atoms with van der Waals surface area (Å²) < 4.78 is 48.1. The quantitative estimate of drug-likeness (QED) is 0.663. The third-order valence-corrected chi connectivity index (χ3v) is 9.38. The first-order valence-electron chi connectivity index (χ1n) is 10.8. The molecular formula is C21H26ClFN2O5S. The molecule has 1 heterocycles. The van der Waals surface area contributed by atoms with Gasteiger partial charge in [-0.3, -0.25) is 4.79 Å². The second-order valence-corrected chi connectivity index (χ2v) is 11.8. The number of hydrogen-bond donors (Lipinski definition) is 2. The Morgan fingerprint density at radius 2 is 2.00 bits per heavy atom. The highest BCUT2D eigenvalue weighted by atomic mass is 35.5. The van der Waals surface area contributed by atoms with E-state index in [-0.39, 0.29) is 35.7 Å². The molecule has 1 aromatic rings. The number of rotatable bonds is 6. The normalized spacial score (nSPS) is 34.4. The van der Waals surface area contributed by atoms with E-state index in [1.54, 1.807) is 0 Å². The van der Waals surface area contributed by atoms with Crippen LogP contribution in [-0.2, 0) is 10.2 Å². The first-order chi connectivity index (χ1) is 14.6. The second-order valence-electron chi connectivity index (χ2n) is 9.69. The fourth-order valence-electron chi connectivity index (χ4n) is 6.40. The summed E-state index contributed by atoms with van der Waals surface area (Å²) in [5, 5.41) is 9.58. The molecule has 170 valence electrons. The molecule has 1 amide bonds. The van der Waals surface area contributed by atoms with E-state index in [9.17, 15) is 22.7 Å². The van der Waals surface area contributed by atoms with Gasteiger partial charge in [0.15, 0.2) is 0 Å². The highest BCUT2D eigenvalue weighted by molar-refractivity contribution is 7.87. The molecule has 4 bridgehead atoms. The lowest BCUT2D eigenvalue weighted by molar-refractivity contribution is 0.0973. The first kappa shape index (κ1) is 21.4. The number of carbonyl (C=O) groups excluding carboxylic acids is 1. The van der Waals surface area contributed by atoms with Gasteiger partial charge in [0.2, 0.25) is 0 Å². The summed E-state index contributed by atoms with van der Waals surface area (Å²) in [6.45, 7) is 0.467. The van der Waals surface area contributed by atoms with Crippen LogP contribution in [0.1, 0.15) is 48.9 Å². The molecule has 5 aliphatic rings. The zero-order valence-electron chi connectivity index (χ0n) is 17.0. The van der Waals surface area contributed by atoms with Crippen LogP contribution in [0, 0.1) is 29.0 Å². The van der Waals surface area contributed by atoms with E-state index in [1.165, 1.54) is 19.3 Å². The monoisotopic (exact) mass is 472 g/mol. The van der Waals surface area contributed by atoms with Gasteiger partial charge in [0.25, 0.3) is 5.91 Å². The van der Waals surface area contributed by atoms with E-state index in [0.717, 1.165) is 41.1 Å². The summed E-state index contributed by atoms with van der Waals surface area (Å²) >= 11 is 6.26. The molecule has 1 aromatic carbocycles. The number of aliphatic hydroxyl groups excluding tert-OH is 1. The van der Waals surface area contributed by atoms with Crippen LogP contribution in [-0.4, -0.2) is 49.5 Å². The van der Waals surface area contributed by atoms with Crippen molar-refractivity contribution in [3.63, 3.8) is 0 Å². The van der Waals surface area contributed by atoms with Crippen molar-refractivity contribution < 1.29 is 27.4 Å². The van der Waals surface area contributed by atoms with E-state index in [1.807, 2.05) is 4.72 Å². The van der Waals surface area contributed by atoms with Crippen molar-refractivity contribution in [1.82, 2.24) is 9.03 Å². The molecule has 1 aliphatic heterocycles. The fourth-order valence-corrected chi connectivity index (χ4v) is 7.81. The topological polar surface area (TPSA) is 95.9 Å². The van der Waals surface area contributed by atoms with Gasteiger partial charge in [-0.2, -0.15) is 12.7 Å². The minimum absolute atomic E-state index is 0.0645. The van der Waals surface area contributed by atoms with E-state index in [2.05, 4.69) is 0 Å². The van der Waals surface area contributed by atoms with Gasteiger partial charge in [-0.05, 0) is 62.3 Å². The van der Waals surface area contributed by atoms with Gasteiger partial charge in [0.05, 0.1) is 23.3 Å². The number of aliphatic hydroxyl groups is 1. The van der Waals surface area contributed by atoms with E-state index in [4.69, 9.17) is 16.3 Å². The molecule has 6 rings (SSSR count). The first-order valence-corrected chi connectivity index (χ1v) is 12.6. The van der Waals surface area contributed by atoms with Gasteiger partial charge in [-0.1, -0.05) is 11.6 Å².